The summed E-state index contributed by atoms with van der Waals surface area (Å²) >= 11 is 0. The van der Waals surface area contributed by atoms with E-state index in [0.717, 1.165) is 11.2 Å². The number of benzene rings is 1. The van der Waals surface area contributed by atoms with Crippen LogP contribution in [0.3, 0.4) is 0 Å². The summed E-state index contributed by atoms with van der Waals surface area (Å²) in [5.41, 5.74) is 3.75. The van der Waals surface area contributed by atoms with E-state index in [1.807, 2.05) is 41.8 Å². The molecule has 0 saturated heterocycles. The fourth-order valence-corrected chi connectivity index (χ4v) is 2.16. The van der Waals surface area contributed by atoms with Crippen molar-refractivity contribution in [2.24, 2.45) is 0 Å². The highest BCUT2D eigenvalue weighted by atomic mass is 16.1. The fourth-order valence-electron chi connectivity index (χ4n) is 2.16. The zero-order chi connectivity index (χ0) is 13.9. The lowest BCUT2D eigenvalue weighted by atomic mass is 10.1. The van der Waals surface area contributed by atoms with Gasteiger partial charge in [-0.05, 0) is 24.6 Å². The largest absolute Gasteiger partial charge is 0.348 e. The molecule has 1 amide bonds. The molecule has 20 heavy (non-hydrogen) atoms. The highest BCUT2D eigenvalue weighted by Gasteiger charge is 2.06. The molecule has 0 atom stereocenters. The third-order valence-corrected chi connectivity index (χ3v) is 3.19. The number of aryl methyl sites for hydroxylation is 1. The third-order valence-electron chi connectivity index (χ3n) is 3.19. The molecule has 0 fully saturated rings. The molecular formula is C16H15N3O. The Morgan fingerprint density at radius 2 is 2.20 bits per heavy atom. The molecule has 0 saturated carbocycles. The number of carbonyl (C=O) groups is 1. The maximum absolute atomic E-state index is 12.1. The van der Waals surface area contributed by atoms with E-state index in [0.29, 0.717) is 12.1 Å². The van der Waals surface area contributed by atoms with Crippen molar-refractivity contribution in [2.75, 3.05) is 0 Å². The van der Waals surface area contributed by atoms with Crippen LogP contribution in [-0.4, -0.2) is 15.3 Å². The second kappa shape index (κ2) is 5.17. The van der Waals surface area contributed by atoms with Crippen molar-refractivity contribution < 1.29 is 4.79 Å². The van der Waals surface area contributed by atoms with Crippen LogP contribution in [0.5, 0.6) is 0 Å². The van der Waals surface area contributed by atoms with E-state index in [-0.39, 0.29) is 5.91 Å². The summed E-state index contributed by atoms with van der Waals surface area (Å²) < 4.78 is 1.83. The minimum absolute atomic E-state index is 0.0814. The van der Waals surface area contributed by atoms with Crippen LogP contribution < -0.4 is 5.32 Å². The van der Waals surface area contributed by atoms with E-state index in [2.05, 4.69) is 16.4 Å². The average Bonchev–Trinajstić information content (AvgIpc) is 2.92. The van der Waals surface area contributed by atoms with Gasteiger partial charge in [-0.1, -0.05) is 29.8 Å². The molecule has 3 rings (SSSR count). The second-order valence-corrected chi connectivity index (χ2v) is 4.78. The Morgan fingerprint density at radius 1 is 1.30 bits per heavy atom. The Hall–Kier alpha value is -2.62. The van der Waals surface area contributed by atoms with Gasteiger partial charge >= 0.3 is 0 Å². The SMILES string of the molecule is Cc1cccc(CNC(=O)c2ccc3nccn3c2)c1. The van der Waals surface area contributed by atoms with Crippen LogP contribution in [0.2, 0.25) is 0 Å². The summed E-state index contributed by atoms with van der Waals surface area (Å²) in [6.07, 6.45) is 5.32. The van der Waals surface area contributed by atoms with Crippen LogP contribution in [-0.2, 0) is 6.54 Å². The van der Waals surface area contributed by atoms with Gasteiger partial charge in [-0.2, -0.15) is 0 Å². The molecule has 0 spiro atoms. The van der Waals surface area contributed by atoms with E-state index in [1.54, 1.807) is 18.5 Å². The fraction of sp³-hybridized carbons (Fsp3) is 0.125. The number of aromatic nitrogens is 2. The van der Waals surface area contributed by atoms with Crippen molar-refractivity contribution in [1.29, 1.82) is 0 Å². The lowest BCUT2D eigenvalue weighted by molar-refractivity contribution is 0.0950. The predicted octanol–water partition coefficient (Wildman–Crippen LogP) is 2.57. The Morgan fingerprint density at radius 3 is 3.05 bits per heavy atom. The number of rotatable bonds is 3. The van der Waals surface area contributed by atoms with E-state index >= 15 is 0 Å². The number of imidazole rings is 1. The Labute approximate surface area is 117 Å². The van der Waals surface area contributed by atoms with Crippen LogP contribution >= 0.6 is 0 Å². The van der Waals surface area contributed by atoms with E-state index in [1.165, 1.54) is 5.56 Å². The molecule has 0 bridgehead atoms. The number of fused-ring (bicyclic) bond motifs is 1. The molecule has 0 aliphatic rings. The average molecular weight is 265 g/mol. The molecule has 4 nitrogen and oxygen atoms in total. The van der Waals surface area contributed by atoms with Crippen molar-refractivity contribution >= 4 is 11.6 Å². The molecule has 100 valence electrons. The second-order valence-electron chi connectivity index (χ2n) is 4.78. The summed E-state index contributed by atoms with van der Waals surface area (Å²) in [5, 5.41) is 2.93. The first-order valence-electron chi connectivity index (χ1n) is 6.49. The van der Waals surface area contributed by atoms with Crippen LogP contribution in [0, 0.1) is 6.92 Å². The van der Waals surface area contributed by atoms with Crippen LogP contribution in [0.1, 0.15) is 21.5 Å². The molecule has 1 aromatic carbocycles. The number of carbonyl (C=O) groups excluding carboxylic acids is 1. The standard InChI is InChI=1S/C16H15N3O/c1-12-3-2-4-13(9-12)10-18-16(20)14-5-6-15-17-7-8-19(15)11-14/h2-9,11H,10H2,1H3,(H,18,20). The highest BCUT2D eigenvalue weighted by Crippen LogP contribution is 2.06. The van der Waals surface area contributed by atoms with Gasteiger partial charge in [0, 0.05) is 25.1 Å². The zero-order valence-corrected chi connectivity index (χ0v) is 11.2. The first-order chi connectivity index (χ1) is 9.72. The lowest BCUT2D eigenvalue weighted by Crippen LogP contribution is -2.23. The molecule has 2 heterocycles. The third kappa shape index (κ3) is 2.54. The highest BCUT2D eigenvalue weighted by molar-refractivity contribution is 5.94. The molecule has 0 radical (unpaired) electrons. The minimum atomic E-state index is -0.0814. The van der Waals surface area contributed by atoms with Crippen LogP contribution in [0.15, 0.2) is 55.0 Å². The first-order valence-corrected chi connectivity index (χ1v) is 6.49. The summed E-state index contributed by atoms with van der Waals surface area (Å²) in [6, 6.07) is 11.7. The molecule has 1 N–H and O–H groups in total. The van der Waals surface area contributed by atoms with Crippen molar-refractivity contribution in [3.63, 3.8) is 0 Å². The first kappa shape index (κ1) is 12.4. The Bertz CT molecular complexity index is 761. The zero-order valence-electron chi connectivity index (χ0n) is 11.2. The maximum atomic E-state index is 12.1. The van der Waals surface area contributed by atoms with Gasteiger partial charge in [-0.25, -0.2) is 4.98 Å². The molecule has 2 aromatic heterocycles. The molecule has 0 unspecified atom stereocenters. The number of hydrogen-bond acceptors (Lipinski definition) is 2. The number of nitrogens with zero attached hydrogens (tertiary/aromatic N) is 2. The van der Waals surface area contributed by atoms with Gasteiger partial charge in [0.1, 0.15) is 5.65 Å². The number of pyridine rings is 1. The summed E-state index contributed by atoms with van der Waals surface area (Å²) in [7, 11) is 0. The van der Waals surface area contributed by atoms with Gasteiger partial charge < -0.3 is 9.72 Å². The smallest absolute Gasteiger partial charge is 0.253 e. The van der Waals surface area contributed by atoms with Crippen molar-refractivity contribution in [3.05, 3.63) is 71.7 Å². The monoisotopic (exact) mass is 265 g/mol. The molecule has 0 aliphatic carbocycles. The summed E-state index contributed by atoms with van der Waals surface area (Å²) in [4.78, 5) is 16.3. The topological polar surface area (TPSA) is 46.4 Å². The maximum Gasteiger partial charge on any atom is 0.253 e. The van der Waals surface area contributed by atoms with Crippen molar-refractivity contribution in [2.45, 2.75) is 13.5 Å². The quantitative estimate of drug-likeness (QED) is 0.791. The molecule has 3 aromatic rings. The van der Waals surface area contributed by atoms with Crippen LogP contribution in [0.4, 0.5) is 0 Å². The van der Waals surface area contributed by atoms with Crippen molar-refractivity contribution in [3.8, 4) is 0 Å². The van der Waals surface area contributed by atoms with E-state index in [9.17, 15) is 4.79 Å². The molecular weight excluding hydrogens is 250 g/mol. The van der Waals surface area contributed by atoms with Gasteiger partial charge in [0.25, 0.3) is 5.91 Å². The van der Waals surface area contributed by atoms with E-state index < -0.39 is 0 Å². The number of hydrogen-bond donors (Lipinski definition) is 1. The molecule has 4 heteroatoms. The lowest BCUT2D eigenvalue weighted by Gasteiger charge is -2.06. The number of nitrogens with one attached hydrogen (secondary N) is 1. The summed E-state index contributed by atoms with van der Waals surface area (Å²) in [6.45, 7) is 2.57. The van der Waals surface area contributed by atoms with Crippen LogP contribution in [0.25, 0.3) is 5.65 Å². The molecule has 0 aliphatic heterocycles. The van der Waals surface area contributed by atoms with Gasteiger partial charge in [-0.15, -0.1) is 0 Å². The van der Waals surface area contributed by atoms with Gasteiger partial charge in [0.2, 0.25) is 0 Å². The minimum Gasteiger partial charge on any atom is -0.348 e. The summed E-state index contributed by atoms with van der Waals surface area (Å²) in [5.74, 6) is -0.0814. The Balaban J connectivity index is 1.72. The van der Waals surface area contributed by atoms with Crippen molar-refractivity contribution in [1.82, 2.24) is 14.7 Å². The normalized spacial score (nSPS) is 10.7. The van der Waals surface area contributed by atoms with E-state index in [4.69, 9.17) is 0 Å². The van der Waals surface area contributed by atoms with Gasteiger partial charge in [0.05, 0.1) is 5.56 Å². The Kier molecular flexibility index (Phi) is 3.21. The van der Waals surface area contributed by atoms with Gasteiger partial charge in [-0.3, -0.25) is 4.79 Å². The van der Waals surface area contributed by atoms with Gasteiger partial charge in [0.15, 0.2) is 0 Å². The number of amides is 1. The predicted molar refractivity (Wildman–Crippen MR) is 77.5 cm³/mol.